The van der Waals surface area contributed by atoms with Gasteiger partial charge in [0.25, 0.3) is 0 Å². The van der Waals surface area contributed by atoms with Gasteiger partial charge in [-0.1, -0.05) is 51.1 Å². The number of benzene rings is 2. The van der Waals surface area contributed by atoms with Gasteiger partial charge in [-0.15, -0.1) is 0 Å². The van der Waals surface area contributed by atoms with E-state index in [-0.39, 0.29) is 29.2 Å². The number of aromatic nitrogens is 1. The third-order valence-electron chi connectivity index (χ3n) is 5.22. The highest BCUT2D eigenvalue weighted by atomic mass is 32.2. The fourth-order valence-electron chi connectivity index (χ4n) is 3.16. The lowest BCUT2D eigenvalue weighted by Gasteiger charge is -2.19. The van der Waals surface area contributed by atoms with Gasteiger partial charge in [0.05, 0.1) is 4.90 Å². The summed E-state index contributed by atoms with van der Waals surface area (Å²) in [6.45, 7) is 7.01. The molecule has 0 bridgehead atoms. The molecule has 0 radical (unpaired) electrons. The van der Waals surface area contributed by atoms with Crippen LogP contribution in [0.1, 0.15) is 43.9 Å². The second kappa shape index (κ2) is 11.3. The molecular formula is C26H31N3O4S. The maximum absolute atomic E-state index is 12.5. The van der Waals surface area contributed by atoms with Crippen LogP contribution in [0.25, 0.3) is 0 Å². The van der Waals surface area contributed by atoms with Gasteiger partial charge in [0.2, 0.25) is 15.9 Å². The summed E-state index contributed by atoms with van der Waals surface area (Å²) in [5.74, 6) is 0.492. The van der Waals surface area contributed by atoms with Crippen molar-refractivity contribution < 1.29 is 17.9 Å². The van der Waals surface area contributed by atoms with Crippen LogP contribution in [0, 0.1) is 0 Å². The molecule has 0 aliphatic carbocycles. The molecule has 1 amide bonds. The van der Waals surface area contributed by atoms with Gasteiger partial charge in [-0.2, -0.15) is 0 Å². The van der Waals surface area contributed by atoms with Crippen molar-refractivity contribution in [2.24, 2.45) is 0 Å². The molecule has 0 unspecified atom stereocenters. The molecule has 2 aromatic carbocycles. The van der Waals surface area contributed by atoms with Gasteiger partial charge < -0.3 is 10.1 Å². The third kappa shape index (κ3) is 7.67. The topological polar surface area (TPSA) is 97.4 Å². The predicted octanol–water partition coefficient (Wildman–Crippen LogP) is 3.94. The molecule has 34 heavy (non-hydrogen) atoms. The summed E-state index contributed by atoms with van der Waals surface area (Å²) in [5.41, 5.74) is 2.90. The lowest BCUT2D eigenvalue weighted by Crippen LogP contribution is -2.30. The Morgan fingerprint density at radius 3 is 2.29 bits per heavy atom. The molecule has 0 spiro atoms. The number of carbonyl (C=O) groups is 1. The first-order valence-electron chi connectivity index (χ1n) is 11.1. The first-order chi connectivity index (χ1) is 16.1. The molecule has 0 aliphatic heterocycles. The van der Waals surface area contributed by atoms with Crippen molar-refractivity contribution >= 4 is 15.9 Å². The van der Waals surface area contributed by atoms with Gasteiger partial charge in [0, 0.05) is 37.5 Å². The molecule has 1 heterocycles. The number of pyridine rings is 1. The monoisotopic (exact) mass is 481 g/mol. The predicted molar refractivity (Wildman–Crippen MR) is 132 cm³/mol. The van der Waals surface area contributed by atoms with Gasteiger partial charge in [0.1, 0.15) is 12.4 Å². The summed E-state index contributed by atoms with van der Waals surface area (Å²) in [6, 6.07) is 18.1. The van der Waals surface area contributed by atoms with Crippen molar-refractivity contribution in [2.75, 3.05) is 6.54 Å². The van der Waals surface area contributed by atoms with Crippen molar-refractivity contribution in [2.45, 2.75) is 50.7 Å². The average molecular weight is 482 g/mol. The van der Waals surface area contributed by atoms with Gasteiger partial charge >= 0.3 is 0 Å². The van der Waals surface area contributed by atoms with E-state index in [1.807, 2.05) is 48.5 Å². The van der Waals surface area contributed by atoms with Crippen molar-refractivity contribution in [3.63, 3.8) is 0 Å². The lowest BCUT2D eigenvalue weighted by molar-refractivity contribution is -0.121. The van der Waals surface area contributed by atoms with Crippen molar-refractivity contribution in [3.05, 3.63) is 89.7 Å². The molecular weight excluding hydrogens is 450 g/mol. The molecule has 3 rings (SSSR count). The number of rotatable bonds is 10. The van der Waals surface area contributed by atoms with Gasteiger partial charge in [-0.25, -0.2) is 13.1 Å². The van der Waals surface area contributed by atoms with Crippen LogP contribution in [0.2, 0.25) is 0 Å². The molecule has 0 aliphatic rings. The highest BCUT2D eigenvalue weighted by Crippen LogP contribution is 2.23. The third-order valence-corrected chi connectivity index (χ3v) is 6.69. The largest absolute Gasteiger partial charge is 0.489 e. The Morgan fingerprint density at radius 1 is 0.971 bits per heavy atom. The van der Waals surface area contributed by atoms with Crippen molar-refractivity contribution in [3.8, 4) is 5.75 Å². The van der Waals surface area contributed by atoms with E-state index in [2.05, 4.69) is 35.8 Å². The Balaban J connectivity index is 1.40. The number of nitrogens with one attached hydrogen (secondary N) is 2. The van der Waals surface area contributed by atoms with Crippen LogP contribution in [0.5, 0.6) is 5.75 Å². The molecule has 0 atom stereocenters. The fraction of sp³-hybridized carbons (Fsp3) is 0.308. The van der Waals surface area contributed by atoms with E-state index in [0.29, 0.717) is 13.2 Å². The molecule has 8 heteroatoms. The van der Waals surface area contributed by atoms with E-state index in [0.717, 1.165) is 22.4 Å². The molecule has 0 saturated carbocycles. The summed E-state index contributed by atoms with van der Waals surface area (Å²) in [4.78, 5) is 16.4. The van der Waals surface area contributed by atoms with E-state index in [9.17, 15) is 13.2 Å². The Hall–Kier alpha value is -3.23. The summed E-state index contributed by atoms with van der Waals surface area (Å²) in [5, 5.41) is 2.80. The van der Waals surface area contributed by atoms with E-state index in [1.54, 1.807) is 24.5 Å². The summed E-state index contributed by atoms with van der Waals surface area (Å²) >= 11 is 0. The summed E-state index contributed by atoms with van der Waals surface area (Å²) < 4.78 is 33.2. The SMILES string of the molecule is CC(C)(C)c1ccc(S(=O)(=O)NCCC(=O)NCc2ccc(OCc3cccnc3)cc2)cc1. The zero-order chi connectivity index (χ0) is 24.6. The fourth-order valence-corrected chi connectivity index (χ4v) is 4.19. The number of hydrogen-bond donors (Lipinski definition) is 2. The Labute approximate surface area is 201 Å². The number of hydrogen-bond acceptors (Lipinski definition) is 5. The second-order valence-electron chi connectivity index (χ2n) is 8.99. The van der Waals surface area contributed by atoms with E-state index in [4.69, 9.17) is 4.74 Å². The van der Waals surface area contributed by atoms with Crippen LogP contribution in [0.3, 0.4) is 0 Å². The smallest absolute Gasteiger partial charge is 0.240 e. The zero-order valence-corrected chi connectivity index (χ0v) is 20.6. The van der Waals surface area contributed by atoms with Crippen molar-refractivity contribution in [1.29, 1.82) is 0 Å². The number of sulfonamides is 1. The number of carbonyl (C=O) groups excluding carboxylic acids is 1. The number of amides is 1. The lowest BCUT2D eigenvalue weighted by atomic mass is 9.87. The quantitative estimate of drug-likeness (QED) is 0.457. The Morgan fingerprint density at radius 2 is 1.68 bits per heavy atom. The molecule has 0 fully saturated rings. The van der Waals surface area contributed by atoms with E-state index in [1.165, 1.54) is 0 Å². The minimum absolute atomic E-state index is 0.0241. The molecule has 1 aromatic heterocycles. The van der Waals surface area contributed by atoms with Crippen LogP contribution in [-0.4, -0.2) is 25.9 Å². The Bertz CT molecular complexity index is 1170. The maximum Gasteiger partial charge on any atom is 0.240 e. The molecule has 7 nitrogen and oxygen atoms in total. The minimum atomic E-state index is -3.66. The van der Waals surface area contributed by atoms with E-state index < -0.39 is 10.0 Å². The number of nitrogens with zero attached hydrogens (tertiary/aromatic N) is 1. The molecule has 180 valence electrons. The van der Waals surface area contributed by atoms with Crippen LogP contribution in [0.15, 0.2) is 78.0 Å². The number of ether oxygens (including phenoxy) is 1. The molecule has 0 saturated heterocycles. The van der Waals surface area contributed by atoms with E-state index >= 15 is 0 Å². The van der Waals surface area contributed by atoms with Crippen LogP contribution in [0.4, 0.5) is 0 Å². The van der Waals surface area contributed by atoms with Gasteiger partial charge in [-0.05, 0) is 46.9 Å². The van der Waals surface area contributed by atoms with Crippen LogP contribution >= 0.6 is 0 Å². The van der Waals surface area contributed by atoms with Gasteiger partial charge in [0.15, 0.2) is 0 Å². The van der Waals surface area contributed by atoms with Crippen LogP contribution in [-0.2, 0) is 33.4 Å². The summed E-state index contributed by atoms with van der Waals surface area (Å²) in [6.07, 6.45) is 3.52. The highest BCUT2D eigenvalue weighted by molar-refractivity contribution is 7.89. The highest BCUT2D eigenvalue weighted by Gasteiger charge is 2.17. The average Bonchev–Trinajstić information content (AvgIpc) is 2.82. The second-order valence-corrected chi connectivity index (χ2v) is 10.8. The first-order valence-corrected chi connectivity index (χ1v) is 12.6. The van der Waals surface area contributed by atoms with Crippen LogP contribution < -0.4 is 14.8 Å². The zero-order valence-electron chi connectivity index (χ0n) is 19.7. The summed E-state index contributed by atoms with van der Waals surface area (Å²) in [7, 11) is -3.66. The van der Waals surface area contributed by atoms with Crippen molar-refractivity contribution in [1.82, 2.24) is 15.0 Å². The van der Waals surface area contributed by atoms with Gasteiger partial charge in [-0.3, -0.25) is 9.78 Å². The minimum Gasteiger partial charge on any atom is -0.489 e. The molecule has 3 aromatic rings. The first kappa shape index (κ1) is 25.4. The normalized spacial score (nSPS) is 11.7. The standard InChI is InChI=1S/C26H31N3O4S/c1-26(2,3)22-8-12-24(13-9-22)34(31,32)29-16-14-25(30)28-18-20-6-10-23(11-7-20)33-19-21-5-4-15-27-17-21/h4-13,15,17,29H,14,16,18-19H2,1-3H3,(H,28,30). The Kier molecular flexibility index (Phi) is 8.41. The molecule has 2 N–H and O–H groups in total. The maximum atomic E-state index is 12.5.